The SMILES string of the molecule is COC(=O)c1ccc(Cl)c(Cn2cc(C)c3nc(C(F)(F)F)cc(C)c32)c1Cl. The summed E-state index contributed by atoms with van der Waals surface area (Å²) in [6.45, 7) is 3.42. The second-order valence-electron chi connectivity index (χ2n) is 6.34. The number of halogens is 5. The zero-order valence-corrected chi connectivity index (χ0v) is 16.6. The molecule has 4 nitrogen and oxygen atoms in total. The van der Waals surface area contributed by atoms with Gasteiger partial charge in [-0.2, -0.15) is 13.2 Å². The molecule has 0 aliphatic rings. The summed E-state index contributed by atoms with van der Waals surface area (Å²) in [5, 5.41) is 0.464. The third-order valence-corrected chi connectivity index (χ3v) is 5.19. The summed E-state index contributed by atoms with van der Waals surface area (Å²) in [7, 11) is 1.24. The van der Waals surface area contributed by atoms with Crippen LogP contribution in [0.3, 0.4) is 0 Å². The Morgan fingerprint density at radius 2 is 1.89 bits per heavy atom. The number of aromatic nitrogens is 2. The van der Waals surface area contributed by atoms with Crippen LogP contribution in [0.25, 0.3) is 11.0 Å². The lowest BCUT2D eigenvalue weighted by molar-refractivity contribution is -0.141. The quantitative estimate of drug-likeness (QED) is 0.492. The molecule has 0 N–H and O–H groups in total. The highest BCUT2D eigenvalue weighted by atomic mass is 35.5. The maximum absolute atomic E-state index is 13.1. The monoisotopic (exact) mass is 430 g/mol. The number of pyridine rings is 1. The number of ether oxygens (including phenoxy) is 1. The molecule has 0 fully saturated rings. The van der Waals surface area contributed by atoms with Crippen LogP contribution in [0, 0.1) is 13.8 Å². The fourth-order valence-electron chi connectivity index (χ4n) is 3.11. The second-order valence-corrected chi connectivity index (χ2v) is 7.12. The van der Waals surface area contributed by atoms with Gasteiger partial charge in [0.05, 0.1) is 35.3 Å². The van der Waals surface area contributed by atoms with Crippen molar-refractivity contribution in [1.29, 1.82) is 0 Å². The molecule has 28 heavy (non-hydrogen) atoms. The van der Waals surface area contributed by atoms with E-state index in [-0.39, 0.29) is 22.6 Å². The molecule has 0 saturated carbocycles. The van der Waals surface area contributed by atoms with E-state index < -0.39 is 17.8 Å². The van der Waals surface area contributed by atoms with Gasteiger partial charge in [-0.05, 0) is 43.2 Å². The molecule has 0 bridgehead atoms. The van der Waals surface area contributed by atoms with Gasteiger partial charge in [0.25, 0.3) is 0 Å². The van der Waals surface area contributed by atoms with Crippen molar-refractivity contribution in [3.05, 3.63) is 62.4 Å². The molecule has 0 aliphatic heterocycles. The van der Waals surface area contributed by atoms with Crippen LogP contribution in [0.2, 0.25) is 10.0 Å². The smallest absolute Gasteiger partial charge is 0.433 e. The first-order chi connectivity index (χ1) is 13.0. The highest BCUT2D eigenvalue weighted by Crippen LogP contribution is 2.34. The fourth-order valence-corrected chi connectivity index (χ4v) is 3.68. The number of hydrogen-bond acceptors (Lipinski definition) is 3. The van der Waals surface area contributed by atoms with E-state index in [0.717, 1.165) is 6.07 Å². The maximum Gasteiger partial charge on any atom is 0.433 e. The van der Waals surface area contributed by atoms with Gasteiger partial charge in [-0.25, -0.2) is 9.78 Å². The van der Waals surface area contributed by atoms with Crippen LogP contribution in [-0.4, -0.2) is 22.6 Å². The average molecular weight is 431 g/mol. The van der Waals surface area contributed by atoms with Gasteiger partial charge in [0.15, 0.2) is 0 Å². The second kappa shape index (κ2) is 7.29. The van der Waals surface area contributed by atoms with E-state index in [1.165, 1.54) is 19.2 Å². The van der Waals surface area contributed by atoms with Crippen LogP contribution in [0.5, 0.6) is 0 Å². The Hall–Kier alpha value is -2.25. The third kappa shape index (κ3) is 3.56. The molecule has 148 valence electrons. The van der Waals surface area contributed by atoms with Gasteiger partial charge in [0, 0.05) is 16.8 Å². The fraction of sp³-hybridized carbons (Fsp3) is 0.263. The van der Waals surface area contributed by atoms with Gasteiger partial charge in [-0.3, -0.25) is 0 Å². The number of alkyl halides is 3. The number of carbonyl (C=O) groups excluding carboxylic acids is 1. The Balaban J connectivity index is 2.16. The Kier molecular flexibility index (Phi) is 5.34. The number of nitrogens with zero attached hydrogens (tertiary/aromatic N) is 2. The highest BCUT2D eigenvalue weighted by Gasteiger charge is 2.33. The van der Waals surface area contributed by atoms with Gasteiger partial charge in [-0.15, -0.1) is 0 Å². The summed E-state index contributed by atoms with van der Waals surface area (Å²) >= 11 is 12.6. The number of methoxy groups -OCH3 is 1. The third-order valence-electron chi connectivity index (χ3n) is 4.40. The van der Waals surface area contributed by atoms with E-state index in [2.05, 4.69) is 4.98 Å². The number of benzene rings is 1. The standard InChI is InChI=1S/C19H15Cl2F3N2O2/c1-9-6-14(19(22,23)24)25-16-10(2)7-26(17(9)16)8-12-13(20)5-4-11(15(12)21)18(27)28-3/h4-7H,8H2,1-3H3. The topological polar surface area (TPSA) is 44.1 Å². The van der Waals surface area contributed by atoms with Crippen LogP contribution in [0.15, 0.2) is 24.4 Å². The zero-order valence-electron chi connectivity index (χ0n) is 15.1. The van der Waals surface area contributed by atoms with E-state index in [0.29, 0.717) is 27.2 Å². The van der Waals surface area contributed by atoms with Gasteiger partial charge >= 0.3 is 12.1 Å². The first kappa shape index (κ1) is 20.5. The molecule has 0 unspecified atom stereocenters. The van der Waals surface area contributed by atoms with E-state index in [4.69, 9.17) is 27.9 Å². The molecule has 9 heteroatoms. The molecule has 3 rings (SSSR count). The molecule has 0 saturated heterocycles. The van der Waals surface area contributed by atoms with E-state index in [1.807, 2.05) is 0 Å². The molecule has 2 heterocycles. The Morgan fingerprint density at radius 3 is 2.50 bits per heavy atom. The minimum Gasteiger partial charge on any atom is -0.465 e. The number of rotatable bonds is 3. The zero-order chi connectivity index (χ0) is 20.8. The molecule has 0 atom stereocenters. The van der Waals surface area contributed by atoms with Crippen molar-refractivity contribution in [3.63, 3.8) is 0 Å². The van der Waals surface area contributed by atoms with Gasteiger partial charge < -0.3 is 9.30 Å². The van der Waals surface area contributed by atoms with Crippen LogP contribution < -0.4 is 0 Å². The molecular formula is C19H15Cl2F3N2O2. The van der Waals surface area contributed by atoms with Gasteiger partial charge in [0.1, 0.15) is 5.69 Å². The van der Waals surface area contributed by atoms with Crippen molar-refractivity contribution >= 4 is 40.2 Å². The summed E-state index contributed by atoms with van der Waals surface area (Å²) in [5.41, 5.74) is 1.47. The first-order valence-electron chi connectivity index (χ1n) is 8.14. The summed E-state index contributed by atoms with van der Waals surface area (Å²) in [4.78, 5) is 15.7. The predicted octanol–water partition coefficient (Wildman–Crippen LogP) is 5.81. The Labute approximate surface area is 168 Å². The number of carbonyl (C=O) groups is 1. The maximum atomic E-state index is 13.1. The van der Waals surface area contributed by atoms with Crippen LogP contribution in [0.4, 0.5) is 13.2 Å². The lowest BCUT2D eigenvalue weighted by Gasteiger charge is -2.14. The van der Waals surface area contributed by atoms with Crippen LogP contribution in [-0.2, 0) is 17.5 Å². The lowest BCUT2D eigenvalue weighted by atomic mass is 10.1. The van der Waals surface area contributed by atoms with E-state index in [1.54, 1.807) is 24.6 Å². The summed E-state index contributed by atoms with van der Waals surface area (Å²) < 4.78 is 45.7. The first-order valence-corrected chi connectivity index (χ1v) is 8.89. The van der Waals surface area contributed by atoms with E-state index >= 15 is 0 Å². The molecule has 0 amide bonds. The van der Waals surface area contributed by atoms with Crippen LogP contribution in [0.1, 0.15) is 32.7 Å². The summed E-state index contributed by atoms with van der Waals surface area (Å²) in [6.07, 6.45) is -2.85. The van der Waals surface area contributed by atoms with Crippen molar-refractivity contribution in [2.45, 2.75) is 26.6 Å². The molecule has 2 aromatic heterocycles. The molecule has 0 aliphatic carbocycles. The largest absolute Gasteiger partial charge is 0.465 e. The number of esters is 1. The highest BCUT2D eigenvalue weighted by molar-refractivity contribution is 6.38. The van der Waals surface area contributed by atoms with Crippen molar-refractivity contribution in [3.8, 4) is 0 Å². The molecule has 0 radical (unpaired) electrons. The normalized spacial score (nSPS) is 11.9. The lowest BCUT2D eigenvalue weighted by Crippen LogP contribution is -2.10. The van der Waals surface area contributed by atoms with Crippen molar-refractivity contribution in [2.24, 2.45) is 0 Å². The molecule has 3 aromatic rings. The summed E-state index contributed by atoms with van der Waals surface area (Å²) in [6, 6.07) is 3.99. The predicted molar refractivity (Wildman–Crippen MR) is 101 cm³/mol. The number of aryl methyl sites for hydroxylation is 2. The number of hydrogen-bond donors (Lipinski definition) is 0. The van der Waals surface area contributed by atoms with Crippen molar-refractivity contribution in [2.75, 3.05) is 7.11 Å². The molecule has 0 spiro atoms. The molecular weight excluding hydrogens is 416 g/mol. The minimum absolute atomic E-state index is 0.136. The van der Waals surface area contributed by atoms with Gasteiger partial charge in [-0.1, -0.05) is 23.2 Å². The summed E-state index contributed by atoms with van der Waals surface area (Å²) in [5.74, 6) is -0.607. The van der Waals surface area contributed by atoms with Crippen molar-refractivity contribution in [1.82, 2.24) is 9.55 Å². The molecule has 1 aromatic carbocycles. The van der Waals surface area contributed by atoms with Crippen molar-refractivity contribution < 1.29 is 22.7 Å². The number of fused-ring (bicyclic) bond motifs is 1. The Morgan fingerprint density at radius 1 is 1.21 bits per heavy atom. The minimum atomic E-state index is -4.53. The Bertz CT molecular complexity index is 1090. The average Bonchev–Trinajstić information content (AvgIpc) is 2.93. The van der Waals surface area contributed by atoms with Gasteiger partial charge in [0.2, 0.25) is 0 Å². The van der Waals surface area contributed by atoms with E-state index in [9.17, 15) is 18.0 Å². The van der Waals surface area contributed by atoms with Crippen LogP contribution >= 0.6 is 23.2 Å².